The van der Waals surface area contributed by atoms with Gasteiger partial charge in [0.05, 0.1) is 4.90 Å². The summed E-state index contributed by atoms with van der Waals surface area (Å²) in [6, 6.07) is 12.8. The van der Waals surface area contributed by atoms with Gasteiger partial charge < -0.3 is 10.6 Å². The van der Waals surface area contributed by atoms with Crippen molar-refractivity contribution < 1.29 is 13.2 Å². The van der Waals surface area contributed by atoms with Crippen molar-refractivity contribution in [3.05, 3.63) is 70.4 Å². The van der Waals surface area contributed by atoms with Crippen LogP contribution in [0.15, 0.2) is 59.1 Å². The second-order valence-electron chi connectivity index (χ2n) is 5.66. The lowest BCUT2D eigenvalue weighted by atomic mass is 10.2. The van der Waals surface area contributed by atoms with E-state index >= 15 is 0 Å². The number of amides is 1. The maximum absolute atomic E-state index is 12.2. The van der Waals surface area contributed by atoms with E-state index in [0.717, 1.165) is 11.1 Å². The fourth-order valence-electron chi connectivity index (χ4n) is 2.09. The third-order valence-corrected chi connectivity index (χ3v) is 4.94. The quantitative estimate of drug-likeness (QED) is 0.503. The minimum Gasteiger partial charge on any atom is -0.386 e. The first-order valence-corrected chi connectivity index (χ1v) is 9.66. The highest BCUT2D eigenvalue weighted by molar-refractivity contribution is 7.89. The molecule has 140 valence electrons. The van der Waals surface area contributed by atoms with Crippen LogP contribution in [0.1, 0.15) is 11.1 Å². The Labute approximate surface area is 162 Å². The number of nitriles is 1. The molecule has 2 rings (SSSR count). The Morgan fingerprint density at radius 3 is 2.48 bits per heavy atom. The van der Waals surface area contributed by atoms with Gasteiger partial charge in [0.15, 0.2) is 0 Å². The summed E-state index contributed by atoms with van der Waals surface area (Å²) < 4.78 is 22.4. The normalized spacial score (nSPS) is 11.6. The van der Waals surface area contributed by atoms with Crippen molar-refractivity contribution in [2.24, 2.45) is 5.14 Å². The Bertz CT molecular complexity index is 1030. The average Bonchev–Trinajstić information content (AvgIpc) is 2.61. The number of nitrogens with zero attached hydrogens (tertiary/aromatic N) is 1. The van der Waals surface area contributed by atoms with E-state index in [1.807, 2.05) is 13.0 Å². The van der Waals surface area contributed by atoms with E-state index in [2.05, 4.69) is 10.6 Å². The SMILES string of the molecule is Cc1ccc(NC(=O)/C(C#N)=C\NCc2ccc(S(N)(=O)=O)cc2)cc1Cl. The van der Waals surface area contributed by atoms with Gasteiger partial charge in [-0.25, -0.2) is 13.6 Å². The molecule has 0 unspecified atom stereocenters. The first-order chi connectivity index (χ1) is 12.7. The summed E-state index contributed by atoms with van der Waals surface area (Å²) in [4.78, 5) is 12.2. The number of carbonyl (C=O) groups excluding carboxylic acids is 1. The minimum atomic E-state index is -3.74. The summed E-state index contributed by atoms with van der Waals surface area (Å²) in [6.45, 7) is 2.13. The first-order valence-electron chi connectivity index (χ1n) is 7.73. The van der Waals surface area contributed by atoms with Crippen LogP contribution in [0.4, 0.5) is 5.69 Å². The van der Waals surface area contributed by atoms with E-state index in [9.17, 15) is 18.5 Å². The van der Waals surface area contributed by atoms with Crippen molar-refractivity contribution in [1.29, 1.82) is 5.26 Å². The van der Waals surface area contributed by atoms with Crippen LogP contribution in [0.3, 0.4) is 0 Å². The summed E-state index contributed by atoms with van der Waals surface area (Å²) in [5, 5.41) is 20.2. The second kappa shape index (κ2) is 8.68. The number of hydrogen-bond acceptors (Lipinski definition) is 5. The van der Waals surface area contributed by atoms with Crippen LogP contribution in [-0.2, 0) is 21.4 Å². The summed E-state index contributed by atoms with van der Waals surface area (Å²) >= 11 is 6.01. The van der Waals surface area contributed by atoms with Gasteiger partial charge in [0, 0.05) is 23.5 Å². The largest absolute Gasteiger partial charge is 0.386 e. The van der Waals surface area contributed by atoms with Crippen LogP contribution in [-0.4, -0.2) is 14.3 Å². The maximum Gasteiger partial charge on any atom is 0.267 e. The van der Waals surface area contributed by atoms with E-state index in [1.165, 1.54) is 18.3 Å². The van der Waals surface area contributed by atoms with Gasteiger partial charge in [0.1, 0.15) is 11.6 Å². The lowest BCUT2D eigenvalue weighted by Crippen LogP contribution is -2.16. The molecule has 0 atom stereocenters. The molecule has 0 aliphatic carbocycles. The number of primary sulfonamides is 1. The van der Waals surface area contributed by atoms with Crippen molar-refractivity contribution in [1.82, 2.24) is 5.32 Å². The zero-order valence-corrected chi connectivity index (χ0v) is 15.9. The van der Waals surface area contributed by atoms with Crippen molar-refractivity contribution >= 4 is 33.2 Å². The fraction of sp³-hybridized carbons (Fsp3) is 0.111. The number of benzene rings is 2. The summed E-state index contributed by atoms with van der Waals surface area (Å²) in [5.41, 5.74) is 1.99. The summed E-state index contributed by atoms with van der Waals surface area (Å²) in [6.07, 6.45) is 1.29. The topological polar surface area (TPSA) is 125 Å². The summed E-state index contributed by atoms with van der Waals surface area (Å²) in [7, 11) is -3.74. The van der Waals surface area contributed by atoms with Crippen LogP contribution in [0.5, 0.6) is 0 Å². The molecule has 2 aromatic rings. The second-order valence-corrected chi connectivity index (χ2v) is 7.63. The van der Waals surface area contributed by atoms with E-state index in [1.54, 1.807) is 30.3 Å². The zero-order chi connectivity index (χ0) is 20.0. The molecule has 0 spiro atoms. The highest BCUT2D eigenvalue weighted by atomic mass is 35.5. The van der Waals surface area contributed by atoms with Gasteiger partial charge in [-0.3, -0.25) is 4.79 Å². The molecule has 0 aromatic heterocycles. The Kier molecular flexibility index (Phi) is 6.58. The molecule has 0 bridgehead atoms. The number of aryl methyl sites for hydroxylation is 1. The van der Waals surface area contributed by atoms with Crippen molar-refractivity contribution in [3.8, 4) is 6.07 Å². The molecule has 2 aromatic carbocycles. The first kappa shape index (κ1) is 20.5. The van der Waals surface area contributed by atoms with Gasteiger partial charge in [0.25, 0.3) is 5.91 Å². The third-order valence-electron chi connectivity index (χ3n) is 3.60. The van der Waals surface area contributed by atoms with Gasteiger partial charge in [-0.05, 0) is 42.3 Å². The Balaban J connectivity index is 2.00. The van der Waals surface area contributed by atoms with E-state index in [-0.39, 0.29) is 10.5 Å². The minimum absolute atomic E-state index is 0.00985. The molecular formula is C18H17ClN4O3S. The molecular weight excluding hydrogens is 388 g/mol. The van der Waals surface area contributed by atoms with Crippen molar-refractivity contribution in [2.75, 3.05) is 5.32 Å². The molecule has 4 N–H and O–H groups in total. The molecule has 7 nitrogen and oxygen atoms in total. The van der Waals surface area contributed by atoms with Gasteiger partial charge in [0.2, 0.25) is 10.0 Å². The predicted molar refractivity (Wildman–Crippen MR) is 103 cm³/mol. The van der Waals surface area contributed by atoms with Gasteiger partial charge in [-0.1, -0.05) is 29.8 Å². The Morgan fingerprint density at radius 1 is 1.26 bits per heavy atom. The van der Waals surface area contributed by atoms with E-state index < -0.39 is 15.9 Å². The van der Waals surface area contributed by atoms with Crippen LogP contribution in [0, 0.1) is 18.3 Å². The molecule has 0 heterocycles. The average molecular weight is 405 g/mol. The van der Waals surface area contributed by atoms with Crippen LogP contribution < -0.4 is 15.8 Å². The fourth-order valence-corrected chi connectivity index (χ4v) is 2.78. The number of rotatable bonds is 6. The monoisotopic (exact) mass is 404 g/mol. The number of nitrogens with one attached hydrogen (secondary N) is 2. The van der Waals surface area contributed by atoms with Crippen molar-refractivity contribution in [3.63, 3.8) is 0 Å². The smallest absolute Gasteiger partial charge is 0.267 e. The Hall–Kier alpha value is -2.86. The number of hydrogen-bond donors (Lipinski definition) is 3. The number of sulfonamides is 1. The molecule has 0 saturated heterocycles. The number of carbonyl (C=O) groups is 1. The molecule has 27 heavy (non-hydrogen) atoms. The van der Waals surface area contributed by atoms with Gasteiger partial charge in [-0.2, -0.15) is 5.26 Å². The van der Waals surface area contributed by atoms with E-state index in [4.69, 9.17) is 16.7 Å². The third kappa shape index (κ3) is 5.82. The molecule has 0 fully saturated rings. The van der Waals surface area contributed by atoms with Crippen molar-refractivity contribution in [2.45, 2.75) is 18.4 Å². The number of nitrogens with two attached hydrogens (primary N) is 1. The molecule has 1 amide bonds. The van der Waals surface area contributed by atoms with Gasteiger partial charge in [-0.15, -0.1) is 0 Å². The standard InChI is InChI=1S/C18H17ClN4O3S/c1-12-2-5-15(8-17(12)19)23-18(24)14(9-20)11-22-10-13-3-6-16(7-4-13)27(21,25)26/h2-8,11,22H,10H2,1H3,(H,23,24)(H2,21,25,26)/b14-11-. The highest BCUT2D eigenvalue weighted by Crippen LogP contribution is 2.20. The number of anilines is 1. The van der Waals surface area contributed by atoms with Crippen LogP contribution in [0.2, 0.25) is 5.02 Å². The maximum atomic E-state index is 12.2. The molecule has 0 aliphatic rings. The Morgan fingerprint density at radius 2 is 1.93 bits per heavy atom. The lowest BCUT2D eigenvalue weighted by molar-refractivity contribution is -0.112. The predicted octanol–water partition coefficient (Wildman–Crippen LogP) is 2.43. The molecule has 0 saturated carbocycles. The van der Waals surface area contributed by atoms with Crippen LogP contribution >= 0.6 is 11.6 Å². The van der Waals surface area contributed by atoms with Crippen LogP contribution in [0.25, 0.3) is 0 Å². The highest BCUT2D eigenvalue weighted by Gasteiger charge is 2.10. The molecule has 0 radical (unpaired) electrons. The lowest BCUT2D eigenvalue weighted by Gasteiger charge is -2.07. The van der Waals surface area contributed by atoms with E-state index in [0.29, 0.717) is 17.3 Å². The zero-order valence-electron chi connectivity index (χ0n) is 14.4. The summed E-state index contributed by atoms with van der Waals surface area (Å²) in [5.74, 6) is -0.575. The number of halogens is 1. The molecule has 0 aliphatic heterocycles. The van der Waals surface area contributed by atoms with Gasteiger partial charge >= 0.3 is 0 Å². The molecule has 9 heteroatoms.